The number of nitrogens with zero attached hydrogens (tertiary/aromatic N) is 1. The van der Waals surface area contributed by atoms with E-state index < -0.39 is 23.9 Å². The molecule has 4 rings (SSSR count). The van der Waals surface area contributed by atoms with Gasteiger partial charge in [-0.2, -0.15) is 0 Å². The van der Waals surface area contributed by atoms with Crippen molar-refractivity contribution in [1.29, 1.82) is 0 Å². The van der Waals surface area contributed by atoms with Gasteiger partial charge in [-0.25, -0.2) is 15.0 Å². The van der Waals surface area contributed by atoms with Gasteiger partial charge in [0.2, 0.25) is 0 Å². The Morgan fingerprint density at radius 2 is 1.68 bits per heavy atom. The molecule has 3 aromatic rings. The number of aryl methyl sites for hydroxylation is 1. The summed E-state index contributed by atoms with van der Waals surface area (Å²) in [5.74, 6) is 0.734. The van der Waals surface area contributed by atoms with E-state index >= 15 is 0 Å². The van der Waals surface area contributed by atoms with Crippen molar-refractivity contribution < 1.29 is 23.8 Å². The fourth-order valence-corrected chi connectivity index (χ4v) is 4.63. The normalized spacial score (nSPS) is 18.7. The molecule has 0 radical (unpaired) electrons. The number of methoxy groups -OCH3 is 2. The van der Waals surface area contributed by atoms with Crippen molar-refractivity contribution in [3.63, 3.8) is 0 Å². The van der Waals surface area contributed by atoms with Crippen LogP contribution in [0.2, 0.25) is 0 Å². The summed E-state index contributed by atoms with van der Waals surface area (Å²) in [6, 6.07) is 24.7. The zero-order valence-corrected chi connectivity index (χ0v) is 21.2. The van der Waals surface area contributed by atoms with E-state index in [1.54, 1.807) is 7.11 Å². The number of benzene rings is 3. The molecule has 0 spiro atoms. The first-order chi connectivity index (χ1) is 18.0. The Labute approximate surface area is 216 Å². The standard InChI is InChI=1S/C28H32N4O5/c1-20-9-7-8-12-24(20)28(31-30-22-13-15-23(35-2)16-14-22)17-18-32(27(34)36-3)25(28)29-26(33)37-19-21-10-5-4-6-11-21/h4-16,25,30-31H,17-19H2,1-3H3,(H,29,33)/t25?,28-/m0/s1. The lowest BCUT2D eigenvalue weighted by Crippen LogP contribution is -2.62. The molecule has 9 nitrogen and oxygen atoms in total. The van der Waals surface area contributed by atoms with Gasteiger partial charge >= 0.3 is 12.2 Å². The smallest absolute Gasteiger partial charge is 0.411 e. The third-order valence-electron chi connectivity index (χ3n) is 6.55. The van der Waals surface area contributed by atoms with Crippen LogP contribution in [0.15, 0.2) is 78.9 Å². The molecular weight excluding hydrogens is 472 g/mol. The minimum atomic E-state index is -0.898. The fraction of sp³-hybridized carbons (Fsp3) is 0.286. The molecule has 1 fully saturated rings. The summed E-state index contributed by atoms with van der Waals surface area (Å²) >= 11 is 0. The molecule has 1 saturated heterocycles. The number of amides is 2. The van der Waals surface area contributed by atoms with Crippen LogP contribution in [0.3, 0.4) is 0 Å². The summed E-state index contributed by atoms with van der Waals surface area (Å²) in [4.78, 5) is 27.3. The van der Waals surface area contributed by atoms with Gasteiger partial charge in [0.15, 0.2) is 0 Å². The van der Waals surface area contributed by atoms with Crippen molar-refractivity contribution in [2.45, 2.75) is 31.7 Å². The van der Waals surface area contributed by atoms with Crippen molar-refractivity contribution in [3.05, 3.63) is 95.6 Å². The second-order valence-corrected chi connectivity index (χ2v) is 8.79. The predicted octanol–water partition coefficient (Wildman–Crippen LogP) is 4.54. The number of carbonyl (C=O) groups is 2. The largest absolute Gasteiger partial charge is 0.497 e. The molecule has 2 atom stereocenters. The Hall–Kier alpha value is -4.24. The molecule has 1 aliphatic heterocycles. The van der Waals surface area contributed by atoms with E-state index in [0.717, 1.165) is 28.1 Å². The number of rotatable bonds is 8. The molecule has 0 aromatic heterocycles. The maximum atomic E-state index is 13.0. The number of ether oxygens (including phenoxy) is 3. The lowest BCUT2D eigenvalue weighted by Gasteiger charge is -2.39. The Kier molecular flexibility index (Phi) is 8.15. The van der Waals surface area contributed by atoms with Crippen LogP contribution >= 0.6 is 0 Å². The summed E-state index contributed by atoms with van der Waals surface area (Å²) in [6.07, 6.45) is -1.50. The fourth-order valence-electron chi connectivity index (χ4n) is 4.63. The van der Waals surface area contributed by atoms with Gasteiger partial charge < -0.3 is 19.6 Å². The lowest BCUT2D eigenvalue weighted by atomic mass is 9.84. The summed E-state index contributed by atoms with van der Waals surface area (Å²) in [5.41, 5.74) is 9.38. The molecule has 37 heavy (non-hydrogen) atoms. The van der Waals surface area contributed by atoms with Crippen molar-refractivity contribution in [2.24, 2.45) is 0 Å². The van der Waals surface area contributed by atoms with Gasteiger partial charge in [0.25, 0.3) is 0 Å². The molecule has 2 amide bonds. The van der Waals surface area contributed by atoms with E-state index in [-0.39, 0.29) is 6.61 Å². The maximum absolute atomic E-state index is 13.0. The van der Waals surface area contributed by atoms with Gasteiger partial charge in [-0.3, -0.25) is 10.2 Å². The van der Waals surface area contributed by atoms with E-state index in [4.69, 9.17) is 14.2 Å². The highest BCUT2D eigenvalue weighted by Crippen LogP contribution is 2.39. The highest BCUT2D eigenvalue weighted by atomic mass is 16.6. The minimum absolute atomic E-state index is 0.104. The predicted molar refractivity (Wildman–Crippen MR) is 140 cm³/mol. The third kappa shape index (κ3) is 5.78. The number of carbonyl (C=O) groups excluding carboxylic acids is 2. The first kappa shape index (κ1) is 25.8. The number of hydrazine groups is 1. The number of anilines is 1. The molecule has 194 valence electrons. The van der Waals surface area contributed by atoms with Crippen LogP contribution in [-0.4, -0.2) is 44.0 Å². The summed E-state index contributed by atoms with van der Waals surface area (Å²) in [7, 11) is 2.94. The van der Waals surface area contributed by atoms with E-state index in [1.807, 2.05) is 85.8 Å². The molecule has 3 aromatic carbocycles. The Balaban J connectivity index is 1.64. The van der Waals surface area contributed by atoms with Crippen LogP contribution < -0.4 is 20.9 Å². The molecule has 1 aliphatic rings. The first-order valence-corrected chi connectivity index (χ1v) is 12.0. The minimum Gasteiger partial charge on any atom is -0.497 e. The van der Waals surface area contributed by atoms with E-state index in [9.17, 15) is 9.59 Å². The third-order valence-corrected chi connectivity index (χ3v) is 6.55. The average Bonchev–Trinajstić information content (AvgIpc) is 3.30. The van der Waals surface area contributed by atoms with E-state index in [1.165, 1.54) is 12.0 Å². The van der Waals surface area contributed by atoms with Crippen LogP contribution in [0.25, 0.3) is 0 Å². The van der Waals surface area contributed by atoms with E-state index in [0.29, 0.717) is 13.0 Å². The molecule has 3 N–H and O–H groups in total. The Bertz CT molecular complexity index is 1200. The van der Waals surface area contributed by atoms with Gasteiger partial charge in [-0.1, -0.05) is 54.6 Å². The van der Waals surface area contributed by atoms with Crippen molar-refractivity contribution in [1.82, 2.24) is 15.6 Å². The quantitative estimate of drug-likeness (QED) is 0.387. The topological polar surface area (TPSA) is 101 Å². The molecule has 9 heteroatoms. The molecule has 0 aliphatic carbocycles. The summed E-state index contributed by atoms with van der Waals surface area (Å²) in [6.45, 7) is 2.45. The Morgan fingerprint density at radius 3 is 2.35 bits per heavy atom. The van der Waals surface area contributed by atoms with E-state index in [2.05, 4.69) is 16.2 Å². The van der Waals surface area contributed by atoms with Crippen LogP contribution in [0.5, 0.6) is 5.75 Å². The molecule has 0 saturated carbocycles. The van der Waals surface area contributed by atoms with Gasteiger partial charge in [-0.15, -0.1) is 0 Å². The van der Waals surface area contributed by atoms with Crippen molar-refractivity contribution in [3.8, 4) is 5.75 Å². The monoisotopic (exact) mass is 504 g/mol. The highest BCUT2D eigenvalue weighted by molar-refractivity contribution is 5.72. The molecule has 0 bridgehead atoms. The van der Waals surface area contributed by atoms with Crippen LogP contribution in [-0.2, 0) is 21.6 Å². The Morgan fingerprint density at radius 1 is 0.973 bits per heavy atom. The van der Waals surface area contributed by atoms with Crippen molar-refractivity contribution in [2.75, 3.05) is 26.2 Å². The SMILES string of the molecule is COC(=O)N1CC[C@](NNc2ccc(OC)cc2)(c2ccccc2C)C1NC(=O)OCc1ccccc1. The number of hydrogen-bond acceptors (Lipinski definition) is 7. The highest BCUT2D eigenvalue weighted by Gasteiger charge is 2.52. The van der Waals surface area contributed by atoms with Gasteiger partial charge in [0, 0.05) is 12.2 Å². The van der Waals surface area contributed by atoms with Crippen molar-refractivity contribution >= 4 is 17.9 Å². The second-order valence-electron chi connectivity index (χ2n) is 8.79. The maximum Gasteiger partial charge on any atom is 0.411 e. The second kappa shape index (κ2) is 11.7. The number of hydrogen-bond donors (Lipinski definition) is 3. The van der Waals surface area contributed by atoms with Gasteiger partial charge in [0.05, 0.1) is 14.2 Å². The molecule has 1 heterocycles. The zero-order valence-electron chi connectivity index (χ0n) is 21.2. The van der Waals surface area contributed by atoms with Crippen LogP contribution in [0, 0.1) is 6.92 Å². The summed E-state index contributed by atoms with van der Waals surface area (Å²) < 4.78 is 15.8. The van der Waals surface area contributed by atoms with Crippen LogP contribution in [0.4, 0.5) is 15.3 Å². The van der Waals surface area contributed by atoms with Crippen LogP contribution in [0.1, 0.15) is 23.1 Å². The first-order valence-electron chi connectivity index (χ1n) is 12.0. The number of alkyl carbamates (subject to hydrolysis) is 1. The number of nitrogens with one attached hydrogen (secondary N) is 3. The molecule has 1 unspecified atom stereocenters. The average molecular weight is 505 g/mol. The van der Waals surface area contributed by atoms with Gasteiger partial charge in [-0.05, 0) is 54.3 Å². The molecular formula is C28H32N4O5. The van der Waals surface area contributed by atoms with Gasteiger partial charge in [0.1, 0.15) is 24.1 Å². The number of likely N-dealkylation sites (tertiary alicyclic amines) is 1. The lowest BCUT2D eigenvalue weighted by molar-refractivity contribution is 0.0838. The zero-order chi connectivity index (χ0) is 26.3. The summed E-state index contributed by atoms with van der Waals surface area (Å²) in [5, 5.41) is 2.93.